The average molecular weight is 300 g/mol. The van der Waals surface area contributed by atoms with Gasteiger partial charge in [-0.05, 0) is 49.4 Å². The molecule has 0 bridgehead atoms. The molecule has 0 aliphatic heterocycles. The minimum atomic E-state index is 0.648. The Labute approximate surface area is 132 Å². The third-order valence-electron chi connectivity index (χ3n) is 3.74. The zero-order valence-electron chi connectivity index (χ0n) is 12.4. The van der Waals surface area contributed by atoms with Gasteiger partial charge in [0.15, 0.2) is 5.82 Å². The first-order valence-corrected chi connectivity index (χ1v) is 7.12. The van der Waals surface area contributed by atoms with Crippen LogP contribution in [0.25, 0.3) is 22.5 Å². The molecule has 4 rings (SSSR count). The summed E-state index contributed by atoms with van der Waals surface area (Å²) in [5.74, 6) is 0.729. The number of nitriles is 1. The zero-order chi connectivity index (χ0) is 15.8. The lowest BCUT2D eigenvalue weighted by atomic mass is 10.2. The maximum Gasteiger partial charge on any atom is 0.155 e. The van der Waals surface area contributed by atoms with Gasteiger partial charge in [-0.2, -0.15) is 5.26 Å². The molecule has 4 aromatic rings. The summed E-state index contributed by atoms with van der Waals surface area (Å²) in [5, 5.41) is 16.7. The second-order valence-electron chi connectivity index (χ2n) is 5.20. The molecule has 6 heteroatoms. The Hall–Kier alpha value is -3.46. The average Bonchev–Trinajstić information content (AvgIpc) is 3.21. The fourth-order valence-corrected chi connectivity index (χ4v) is 2.69. The maximum absolute atomic E-state index is 8.93. The number of aromatic nitrogens is 5. The molecule has 0 aliphatic carbocycles. The Morgan fingerprint density at radius 2 is 1.91 bits per heavy atom. The van der Waals surface area contributed by atoms with E-state index in [0.29, 0.717) is 5.56 Å². The van der Waals surface area contributed by atoms with Crippen LogP contribution in [0, 0.1) is 18.3 Å². The van der Waals surface area contributed by atoms with Gasteiger partial charge in [0, 0.05) is 11.4 Å². The van der Waals surface area contributed by atoms with Crippen molar-refractivity contribution in [1.82, 2.24) is 24.5 Å². The van der Waals surface area contributed by atoms with Gasteiger partial charge in [-0.15, -0.1) is 5.10 Å². The lowest BCUT2D eigenvalue weighted by Crippen LogP contribution is -1.99. The largest absolute Gasteiger partial charge is 0.312 e. The van der Waals surface area contributed by atoms with Crippen LogP contribution >= 0.6 is 0 Å². The van der Waals surface area contributed by atoms with Gasteiger partial charge in [0.05, 0.1) is 35.1 Å². The highest BCUT2D eigenvalue weighted by atomic mass is 15.4. The molecule has 110 valence electrons. The summed E-state index contributed by atoms with van der Waals surface area (Å²) in [7, 11) is 0. The molecule has 3 aromatic heterocycles. The number of pyridine rings is 1. The first kappa shape index (κ1) is 13.2. The van der Waals surface area contributed by atoms with Crippen LogP contribution in [0.4, 0.5) is 0 Å². The second-order valence-corrected chi connectivity index (χ2v) is 5.20. The zero-order valence-corrected chi connectivity index (χ0v) is 12.4. The van der Waals surface area contributed by atoms with Gasteiger partial charge < -0.3 is 4.57 Å². The normalized spacial score (nSPS) is 10.8. The maximum atomic E-state index is 8.93. The molecule has 0 aliphatic rings. The number of hydrogen-bond acceptors (Lipinski definition) is 4. The Morgan fingerprint density at radius 1 is 1.09 bits per heavy atom. The Balaban J connectivity index is 1.87. The fourth-order valence-electron chi connectivity index (χ4n) is 2.69. The highest BCUT2D eigenvalue weighted by molar-refractivity contribution is 5.80. The molecule has 0 saturated heterocycles. The van der Waals surface area contributed by atoms with Crippen LogP contribution < -0.4 is 0 Å². The van der Waals surface area contributed by atoms with E-state index in [1.165, 1.54) is 0 Å². The number of aryl methyl sites for hydroxylation is 1. The first-order chi connectivity index (χ1) is 11.3. The molecule has 1 aromatic carbocycles. The summed E-state index contributed by atoms with van der Waals surface area (Å²) in [6, 6.07) is 15.6. The molecule has 6 nitrogen and oxygen atoms in total. The highest BCUT2D eigenvalue weighted by Gasteiger charge is 2.10. The molecular formula is C17H12N6. The summed E-state index contributed by atoms with van der Waals surface area (Å²) < 4.78 is 3.75. The van der Waals surface area contributed by atoms with Gasteiger partial charge in [0.2, 0.25) is 0 Å². The number of fused-ring (bicyclic) bond motifs is 1. The van der Waals surface area contributed by atoms with Crippen LogP contribution in [0.3, 0.4) is 0 Å². The van der Waals surface area contributed by atoms with Gasteiger partial charge in [0.1, 0.15) is 0 Å². The van der Waals surface area contributed by atoms with E-state index in [-0.39, 0.29) is 0 Å². The van der Waals surface area contributed by atoms with Gasteiger partial charge in [-0.25, -0.2) is 9.67 Å². The van der Waals surface area contributed by atoms with Gasteiger partial charge in [-0.3, -0.25) is 0 Å². The van der Waals surface area contributed by atoms with Crippen LogP contribution in [0.5, 0.6) is 0 Å². The molecule has 0 saturated carbocycles. The molecular weight excluding hydrogens is 288 g/mol. The van der Waals surface area contributed by atoms with Crippen molar-refractivity contribution >= 4 is 11.0 Å². The fraction of sp³-hybridized carbons (Fsp3) is 0.0588. The molecule has 0 atom stereocenters. The second kappa shape index (κ2) is 5.07. The number of nitrogens with zero attached hydrogens (tertiary/aromatic N) is 6. The van der Waals surface area contributed by atoms with Crippen molar-refractivity contribution in [2.75, 3.05) is 0 Å². The van der Waals surface area contributed by atoms with Crippen LogP contribution in [-0.4, -0.2) is 24.5 Å². The smallest absolute Gasteiger partial charge is 0.155 e. The van der Waals surface area contributed by atoms with E-state index >= 15 is 0 Å². The minimum absolute atomic E-state index is 0.648. The van der Waals surface area contributed by atoms with E-state index in [4.69, 9.17) is 5.26 Å². The summed E-state index contributed by atoms with van der Waals surface area (Å²) in [4.78, 5) is 4.65. The Morgan fingerprint density at radius 3 is 2.61 bits per heavy atom. The van der Waals surface area contributed by atoms with Crippen LogP contribution in [-0.2, 0) is 0 Å². The summed E-state index contributed by atoms with van der Waals surface area (Å²) in [6.45, 7) is 2.04. The van der Waals surface area contributed by atoms with E-state index in [2.05, 4.69) is 25.9 Å². The van der Waals surface area contributed by atoms with Crippen molar-refractivity contribution in [3.63, 3.8) is 0 Å². The van der Waals surface area contributed by atoms with Crippen molar-refractivity contribution in [3.8, 4) is 17.6 Å². The molecule has 0 fully saturated rings. The van der Waals surface area contributed by atoms with Crippen molar-refractivity contribution in [1.29, 1.82) is 5.26 Å². The van der Waals surface area contributed by atoms with Crippen molar-refractivity contribution in [3.05, 3.63) is 66.1 Å². The van der Waals surface area contributed by atoms with Crippen LogP contribution in [0.2, 0.25) is 0 Å². The quantitative estimate of drug-likeness (QED) is 0.570. The molecule has 0 radical (unpaired) electrons. The third kappa shape index (κ3) is 2.15. The van der Waals surface area contributed by atoms with Gasteiger partial charge in [-0.1, -0.05) is 5.21 Å². The summed E-state index contributed by atoms with van der Waals surface area (Å²) >= 11 is 0. The minimum Gasteiger partial charge on any atom is -0.312 e. The Kier molecular flexibility index (Phi) is 2.91. The predicted octanol–water partition coefficient (Wildman–Crippen LogP) is 2.79. The molecule has 0 spiro atoms. The van der Waals surface area contributed by atoms with Crippen molar-refractivity contribution in [2.24, 2.45) is 0 Å². The van der Waals surface area contributed by atoms with E-state index in [9.17, 15) is 0 Å². The molecule has 0 N–H and O–H groups in total. The van der Waals surface area contributed by atoms with E-state index in [0.717, 1.165) is 28.2 Å². The lowest BCUT2D eigenvalue weighted by Gasteiger charge is -2.08. The highest BCUT2D eigenvalue weighted by Crippen LogP contribution is 2.24. The van der Waals surface area contributed by atoms with Crippen molar-refractivity contribution in [2.45, 2.75) is 6.92 Å². The summed E-state index contributed by atoms with van der Waals surface area (Å²) in [6.07, 6.45) is 3.39. The summed E-state index contributed by atoms with van der Waals surface area (Å²) in [5.41, 5.74) is 4.63. The standard InChI is InChI=1S/C17H12N6/c1-12-10-15-16(6-7-17(20-15)22-9-8-19-21-22)23(12)14-4-2-13(11-18)3-5-14/h2-10H,1H3. The predicted molar refractivity (Wildman–Crippen MR) is 85.4 cm³/mol. The monoisotopic (exact) mass is 300 g/mol. The number of rotatable bonds is 2. The molecule has 3 heterocycles. The lowest BCUT2D eigenvalue weighted by molar-refractivity contribution is 0.785. The Bertz CT molecular complexity index is 1020. The van der Waals surface area contributed by atoms with E-state index < -0.39 is 0 Å². The topological polar surface area (TPSA) is 72.3 Å². The first-order valence-electron chi connectivity index (χ1n) is 7.12. The van der Waals surface area contributed by atoms with Gasteiger partial charge in [0.25, 0.3) is 0 Å². The van der Waals surface area contributed by atoms with Gasteiger partial charge >= 0.3 is 0 Å². The van der Waals surface area contributed by atoms with E-state index in [1.807, 2.05) is 49.4 Å². The van der Waals surface area contributed by atoms with Crippen LogP contribution in [0.15, 0.2) is 54.9 Å². The van der Waals surface area contributed by atoms with Crippen LogP contribution in [0.1, 0.15) is 11.3 Å². The SMILES string of the molecule is Cc1cc2nc(-n3ccnn3)ccc2n1-c1ccc(C#N)cc1. The number of hydrogen-bond donors (Lipinski definition) is 0. The molecule has 0 amide bonds. The molecule has 23 heavy (non-hydrogen) atoms. The third-order valence-corrected chi connectivity index (χ3v) is 3.74. The van der Waals surface area contributed by atoms with Crippen molar-refractivity contribution < 1.29 is 0 Å². The number of benzene rings is 1. The molecule has 0 unspecified atom stereocenters. The van der Waals surface area contributed by atoms with E-state index in [1.54, 1.807) is 17.1 Å².